The van der Waals surface area contributed by atoms with Gasteiger partial charge < -0.3 is 112 Å². The molecule has 14 atom stereocenters. The molecule has 0 fully saturated rings. The minimum absolute atomic E-state index is 0.0392. The van der Waals surface area contributed by atoms with E-state index in [2.05, 4.69) is 47.5 Å². The number of hydrogen-bond donors (Lipinski definition) is 20. The first-order chi connectivity index (χ1) is 43.9. The highest BCUT2D eigenvalue weighted by molar-refractivity contribution is 6.00. The zero-order chi connectivity index (χ0) is 73.2. The molecule has 0 aromatic heterocycles. The molecule has 25 N–H and O–H groups in total. The van der Waals surface area contributed by atoms with Gasteiger partial charge in [0.1, 0.15) is 60.1 Å². The number of methoxy groups -OCH3 is 1. The number of guanidine groups is 1. The lowest BCUT2D eigenvalue weighted by Gasteiger charge is -2.32. The fraction of sp³-hybridized carbons (Fsp3) is 0.689. The van der Waals surface area contributed by atoms with Crippen molar-refractivity contribution in [2.24, 2.45) is 56.5 Å². The van der Waals surface area contributed by atoms with E-state index in [0.717, 1.165) is 6.92 Å². The van der Waals surface area contributed by atoms with Gasteiger partial charge in [0, 0.05) is 13.0 Å². The molecule has 11 amide bonds. The number of amides is 11. The van der Waals surface area contributed by atoms with Gasteiger partial charge in [-0.2, -0.15) is 0 Å². The Hall–Kier alpha value is -8.47. The highest BCUT2D eigenvalue weighted by Crippen LogP contribution is 2.25. The third-order valence-corrected chi connectivity index (χ3v) is 14.8. The van der Waals surface area contributed by atoms with Crippen LogP contribution < -0.4 is 86.6 Å². The number of carboxylic acids is 1. The number of benzene rings is 1. The minimum Gasteiger partial charge on any atom is -0.495 e. The third kappa shape index (κ3) is 30.2. The third-order valence-electron chi connectivity index (χ3n) is 14.8. The zero-order valence-electron chi connectivity index (χ0n) is 56.9. The average Bonchev–Trinajstić information content (AvgIpc) is 0.889. The topological polar surface area (TPSA) is 578 Å². The van der Waals surface area contributed by atoms with Gasteiger partial charge in [-0.05, 0) is 85.3 Å². The Morgan fingerprint density at radius 1 is 0.600 bits per heavy atom. The second kappa shape index (κ2) is 39.4. The first-order valence-corrected chi connectivity index (χ1v) is 31.3. The molecule has 0 spiro atoms. The summed E-state index contributed by atoms with van der Waals surface area (Å²) in [6.45, 7) is 19.9. The molecule has 0 saturated heterocycles. The number of rotatable bonds is 40. The number of primary amides is 1. The number of carbonyl (C=O) groups excluding carboxylic acids is 11. The van der Waals surface area contributed by atoms with Crippen LogP contribution in [-0.4, -0.2) is 208 Å². The maximum Gasteiger partial charge on any atom is 0.328 e. The van der Waals surface area contributed by atoms with Crippen molar-refractivity contribution in [3.8, 4) is 5.75 Å². The number of carbonyl (C=O) groups is 12. The highest BCUT2D eigenvalue weighted by atomic mass is 16.5. The van der Waals surface area contributed by atoms with Crippen molar-refractivity contribution in [3.05, 3.63) is 23.8 Å². The summed E-state index contributed by atoms with van der Waals surface area (Å²) in [4.78, 5) is 167. The Morgan fingerprint density at radius 2 is 1.09 bits per heavy atom. The molecule has 1 aromatic rings. The molecule has 2 unspecified atom stereocenters. The number of aliphatic carboxylic acids is 1. The average molecular weight is 1350 g/mol. The summed E-state index contributed by atoms with van der Waals surface area (Å²) < 4.78 is 5.32. The molecule has 0 saturated carbocycles. The molecule has 1 rings (SSSR count). The van der Waals surface area contributed by atoms with Gasteiger partial charge in [-0.15, -0.1) is 0 Å². The number of anilines is 1. The van der Waals surface area contributed by atoms with E-state index in [1.54, 1.807) is 59.0 Å². The predicted molar refractivity (Wildman–Crippen MR) is 349 cm³/mol. The number of hydrogen-bond acceptors (Lipinski definition) is 20. The SMILES string of the molecule is CC[C@H](C)[C@H](NC(=O)[C@@H](CCCN=C(N)N)NC(=O)[C@H](CC(C)C)NC(=O)[C@@H](NC(=O)[C@H](Cc1ccc(OC)c(N)c1)NC(=O)[C@H](CC(C)(C)C)NC(=O)[C@H](N)CC(C)(C)C)C(O)C(C)C)C(=O)N[C@H](C(=O)NCC(=O)N[C@H](C(=O)N[C@@H](CO)C(=O)O)C(O)C(N)=O)[C@H](C)O. The molecule has 0 radical (unpaired) electrons. The van der Waals surface area contributed by atoms with Crippen molar-refractivity contribution >= 4 is 82.6 Å². The van der Waals surface area contributed by atoms with Crippen LogP contribution in [-0.2, 0) is 64.0 Å². The molecule has 0 heterocycles. The second-order valence-electron chi connectivity index (χ2n) is 26.8. The summed E-state index contributed by atoms with van der Waals surface area (Å²) in [5, 5.41) is 75.3. The summed E-state index contributed by atoms with van der Waals surface area (Å²) in [6.07, 6.45) is -5.70. The normalized spacial score (nSPS) is 16.1. The number of nitrogen functional groups attached to an aromatic ring is 1. The first kappa shape index (κ1) is 84.5. The largest absolute Gasteiger partial charge is 0.495 e. The summed E-state index contributed by atoms with van der Waals surface area (Å²) in [6, 6.07) is -11.4. The molecule has 0 aliphatic rings. The highest BCUT2D eigenvalue weighted by Gasteiger charge is 2.40. The number of nitrogens with two attached hydrogens (primary N) is 5. The molecule has 0 aliphatic heterocycles. The number of nitrogens with one attached hydrogen (secondary N) is 10. The van der Waals surface area contributed by atoms with Crippen molar-refractivity contribution in [3.63, 3.8) is 0 Å². The molecular formula is C61H106N16O18. The van der Waals surface area contributed by atoms with Crippen LogP contribution in [0, 0.1) is 28.6 Å². The van der Waals surface area contributed by atoms with E-state index < -0.39 is 180 Å². The van der Waals surface area contributed by atoms with Crippen molar-refractivity contribution in [2.75, 3.05) is 32.5 Å². The summed E-state index contributed by atoms with van der Waals surface area (Å²) >= 11 is 0. The van der Waals surface area contributed by atoms with Gasteiger partial charge in [0.25, 0.3) is 0 Å². The van der Waals surface area contributed by atoms with Gasteiger partial charge >= 0.3 is 5.97 Å². The van der Waals surface area contributed by atoms with Crippen LogP contribution in [0.1, 0.15) is 134 Å². The minimum atomic E-state index is -2.44. The van der Waals surface area contributed by atoms with Gasteiger partial charge in [-0.3, -0.25) is 57.7 Å². The maximum atomic E-state index is 14.8. The molecule has 95 heavy (non-hydrogen) atoms. The number of carboxylic acid groups (broad SMARTS) is 1. The lowest BCUT2D eigenvalue weighted by atomic mass is 9.86. The second-order valence-corrected chi connectivity index (χ2v) is 26.8. The quantitative estimate of drug-likeness (QED) is 0.0127. The van der Waals surface area contributed by atoms with E-state index in [1.807, 2.05) is 46.9 Å². The monoisotopic (exact) mass is 1350 g/mol. The molecule has 538 valence electrons. The lowest BCUT2D eigenvalue weighted by molar-refractivity contribution is -0.145. The fourth-order valence-electron chi connectivity index (χ4n) is 9.44. The van der Waals surface area contributed by atoms with E-state index in [1.165, 1.54) is 13.2 Å². The van der Waals surface area contributed by atoms with Crippen LogP contribution in [0.2, 0.25) is 0 Å². The van der Waals surface area contributed by atoms with E-state index in [4.69, 9.17) is 33.4 Å². The van der Waals surface area contributed by atoms with Gasteiger partial charge in [0.15, 0.2) is 12.1 Å². The van der Waals surface area contributed by atoms with Crippen LogP contribution in [0.3, 0.4) is 0 Å². The van der Waals surface area contributed by atoms with Crippen molar-refractivity contribution < 1.29 is 87.8 Å². The number of ether oxygens (including phenoxy) is 1. The smallest absolute Gasteiger partial charge is 0.328 e. The Balaban J connectivity index is 3.76. The maximum absolute atomic E-state index is 14.8. The Labute approximate surface area is 554 Å². The van der Waals surface area contributed by atoms with E-state index >= 15 is 0 Å². The predicted octanol–water partition coefficient (Wildman–Crippen LogP) is -5.03. The summed E-state index contributed by atoms with van der Waals surface area (Å²) in [5.74, 6) is -15.4. The molecular weight excluding hydrogens is 1240 g/mol. The zero-order valence-corrected chi connectivity index (χ0v) is 56.9. The molecule has 0 aliphatic carbocycles. The molecule has 34 heteroatoms. The molecule has 0 bridgehead atoms. The number of aliphatic hydroxyl groups is 4. The lowest BCUT2D eigenvalue weighted by Crippen LogP contribution is -2.63. The Morgan fingerprint density at radius 3 is 1.59 bits per heavy atom. The van der Waals surface area contributed by atoms with Crippen LogP contribution >= 0.6 is 0 Å². The van der Waals surface area contributed by atoms with Crippen molar-refractivity contribution in [1.29, 1.82) is 0 Å². The van der Waals surface area contributed by atoms with Gasteiger partial charge in [0.2, 0.25) is 65.0 Å². The van der Waals surface area contributed by atoms with Crippen LogP contribution in [0.15, 0.2) is 23.2 Å². The number of aliphatic hydroxyl groups excluding tert-OH is 4. The Bertz CT molecular complexity index is 2820. The summed E-state index contributed by atoms with van der Waals surface area (Å²) in [7, 11) is 1.41. The summed E-state index contributed by atoms with van der Waals surface area (Å²) in [5.41, 5.74) is 28.5. The van der Waals surface area contributed by atoms with Crippen molar-refractivity contribution in [2.45, 2.75) is 214 Å². The first-order valence-electron chi connectivity index (χ1n) is 31.3. The van der Waals surface area contributed by atoms with Crippen LogP contribution in [0.5, 0.6) is 5.75 Å². The van der Waals surface area contributed by atoms with Crippen LogP contribution in [0.25, 0.3) is 0 Å². The van der Waals surface area contributed by atoms with E-state index in [-0.39, 0.29) is 74.5 Å². The molecule has 34 nitrogen and oxygen atoms in total. The van der Waals surface area contributed by atoms with Crippen LogP contribution in [0.4, 0.5) is 5.69 Å². The van der Waals surface area contributed by atoms with E-state index in [0.29, 0.717) is 11.3 Å². The molecule has 1 aromatic carbocycles. The van der Waals surface area contributed by atoms with Gasteiger partial charge in [0.05, 0.1) is 44.2 Å². The van der Waals surface area contributed by atoms with Gasteiger partial charge in [-0.1, -0.05) is 95.6 Å². The number of nitrogens with zero attached hydrogens (tertiary/aromatic N) is 1. The number of aliphatic imine (C=N–C) groups is 1. The fourth-order valence-corrected chi connectivity index (χ4v) is 9.44. The van der Waals surface area contributed by atoms with Gasteiger partial charge in [-0.25, -0.2) is 4.79 Å². The Kier molecular flexibility index (Phi) is 35.1. The standard InChI is InChI=1S/C61H106N16O18/c1-15-30(6)42(55(90)76-43(31(7)79)54(89)68-26-41(80)74-45(47(82)48(64)83)57(92)73-39(27-78)58(93)94)75-50(85)35(17-16-20-67-59(65)66)69-51(86)36(21-28(2)3)71-56(91)44(46(81)29(4)5)77-52(87)37(23-32-18-19-40(95-14)33(62)22-32)70-53(88)38(25-61(11,12)13)72-49(84)34(63)24-60(8,9)10/h18-19,22,28-31,34-39,42-47,78-79,81-82H,15-17,20-21,23-27,62-63H2,1-14H3,(H2,64,83)(H,68,89)(H,69,86)(H,70,88)(H,71,91)(H,72,84)(H,73,92)(H,74,80)(H,75,85)(H,76,90)(H,77,87)(H,93,94)(H4,65,66,67)/t30-,31-,34+,35+,36-,37-,38-,39-,42-,43-,44-,45-,46?,47?/m0/s1. The van der Waals surface area contributed by atoms with Crippen molar-refractivity contribution in [1.82, 2.24) is 53.2 Å². The van der Waals surface area contributed by atoms with E-state index in [9.17, 15) is 83.1 Å².